The van der Waals surface area contributed by atoms with Crippen LogP contribution in [-0.2, 0) is 0 Å². The van der Waals surface area contributed by atoms with Gasteiger partial charge in [-0.15, -0.1) is 0 Å². The van der Waals surface area contributed by atoms with Crippen molar-refractivity contribution < 1.29 is 0 Å². The summed E-state index contributed by atoms with van der Waals surface area (Å²) in [4.78, 5) is 2.27. The van der Waals surface area contributed by atoms with Gasteiger partial charge in [-0.25, -0.2) is 0 Å². The third kappa shape index (κ3) is 1.85. The fourth-order valence-corrected chi connectivity index (χ4v) is 3.49. The Labute approximate surface area is 124 Å². The summed E-state index contributed by atoms with van der Waals surface area (Å²) in [5, 5.41) is 0. The highest BCUT2D eigenvalue weighted by atomic mass is 79.9. The SMILES string of the molecule is CN(C)C1c2cc(Br)ccc2-c2ccc(Br)cc21. The molecule has 0 amide bonds. The molecule has 0 bridgehead atoms. The summed E-state index contributed by atoms with van der Waals surface area (Å²) >= 11 is 7.15. The molecular formula is C15H13Br2N. The number of rotatable bonds is 1. The molecule has 0 heterocycles. The van der Waals surface area contributed by atoms with Gasteiger partial charge >= 0.3 is 0 Å². The zero-order valence-electron chi connectivity index (χ0n) is 10.2. The maximum Gasteiger partial charge on any atom is 0.0609 e. The van der Waals surface area contributed by atoms with E-state index >= 15 is 0 Å². The van der Waals surface area contributed by atoms with E-state index in [4.69, 9.17) is 0 Å². The average Bonchev–Trinajstić information content (AvgIpc) is 2.60. The molecule has 0 atom stereocenters. The van der Waals surface area contributed by atoms with E-state index in [1.165, 1.54) is 22.3 Å². The van der Waals surface area contributed by atoms with Crippen LogP contribution in [0.5, 0.6) is 0 Å². The molecule has 1 aliphatic rings. The number of hydrogen-bond acceptors (Lipinski definition) is 1. The molecule has 3 rings (SSSR count). The molecule has 0 saturated heterocycles. The minimum Gasteiger partial charge on any atom is -0.299 e. The van der Waals surface area contributed by atoms with Crippen LogP contribution in [0.15, 0.2) is 45.3 Å². The first-order valence-corrected chi connectivity index (χ1v) is 7.42. The predicted octanol–water partition coefficient (Wildman–Crippen LogP) is 4.84. The summed E-state index contributed by atoms with van der Waals surface area (Å²) in [6.45, 7) is 0. The standard InChI is InChI=1S/C15H13Br2N/c1-18(2)15-13-7-9(16)3-5-11(13)12-6-4-10(17)8-14(12)15/h3-8,15H,1-2H3. The van der Waals surface area contributed by atoms with Crippen molar-refractivity contribution in [2.45, 2.75) is 6.04 Å². The van der Waals surface area contributed by atoms with Crippen molar-refractivity contribution in [2.75, 3.05) is 14.1 Å². The summed E-state index contributed by atoms with van der Waals surface area (Å²) in [5.74, 6) is 0. The lowest BCUT2D eigenvalue weighted by Crippen LogP contribution is -2.18. The summed E-state index contributed by atoms with van der Waals surface area (Å²) in [6, 6.07) is 13.4. The predicted molar refractivity (Wildman–Crippen MR) is 82.8 cm³/mol. The first-order chi connectivity index (χ1) is 8.58. The zero-order chi connectivity index (χ0) is 12.9. The minimum atomic E-state index is 0.338. The summed E-state index contributed by atoms with van der Waals surface area (Å²) in [6.07, 6.45) is 0. The Balaban J connectivity index is 2.29. The number of fused-ring (bicyclic) bond motifs is 3. The van der Waals surface area contributed by atoms with Crippen LogP contribution in [-0.4, -0.2) is 19.0 Å². The van der Waals surface area contributed by atoms with Crippen LogP contribution in [0.25, 0.3) is 11.1 Å². The van der Waals surface area contributed by atoms with Gasteiger partial charge in [-0.05, 0) is 60.6 Å². The summed E-state index contributed by atoms with van der Waals surface area (Å²) in [7, 11) is 4.26. The molecule has 92 valence electrons. The van der Waals surface area contributed by atoms with Gasteiger partial charge in [0.15, 0.2) is 0 Å². The lowest BCUT2D eigenvalue weighted by atomic mass is 10.0. The maximum atomic E-state index is 3.57. The number of halogens is 2. The molecule has 0 N–H and O–H groups in total. The quantitative estimate of drug-likeness (QED) is 0.697. The van der Waals surface area contributed by atoms with E-state index in [1.807, 2.05) is 0 Å². The van der Waals surface area contributed by atoms with Crippen molar-refractivity contribution in [3.63, 3.8) is 0 Å². The topological polar surface area (TPSA) is 3.24 Å². The van der Waals surface area contributed by atoms with Gasteiger partial charge in [0.2, 0.25) is 0 Å². The van der Waals surface area contributed by atoms with E-state index in [-0.39, 0.29) is 0 Å². The monoisotopic (exact) mass is 365 g/mol. The molecule has 1 nitrogen and oxygen atoms in total. The van der Waals surface area contributed by atoms with Crippen LogP contribution < -0.4 is 0 Å². The van der Waals surface area contributed by atoms with Crippen LogP contribution in [0, 0.1) is 0 Å². The van der Waals surface area contributed by atoms with E-state index in [0.717, 1.165) is 8.95 Å². The van der Waals surface area contributed by atoms with E-state index in [0.29, 0.717) is 6.04 Å². The first-order valence-electron chi connectivity index (χ1n) is 5.83. The number of benzene rings is 2. The lowest BCUT2D eigenvalue weighted by molar-refractivity contribution is 0.347. The lowest BCUT2D eigenvalue weighted by Gasteiger charge is -2.22. The normalized spacial score (nSPS) is 13.8. The minimum absolute atomic E-state index is 0.338. The van der Waals surface area contributed by atoms with Gasteiger partial charge in [0.25, 0.3) is 0 Å². The van der Waals surface area contributed by atoms with Gasteiger partial charge < -0.3 is 0 Å². The highest BCUT2D eigenvalue weighted by molar-refractivity contribution is 9.10. The van der Waals surface area contributed by atoms with Crippen molar-refractivity contribution >= 4 is 31.9 Å². The second-order valence-electron chi connectivity index (χ2n) is 4.83. The largest absolute Gasteiger partial charge is 0.299 e. The average molecular weight is 367 g/mol. The Bertz CT molecular complexity index is 568. The molecule has 2 aromatic rings. The van der Waals surface area contributed by atoms with E-state index in [1.54, 1.807) is 0 Å². The van der Waals surface area contributed by atoms with Gasteiger partial charge in [0.05, 0.1) is 6.04 Å². The van der Waals surface area contributed by atoms with E-state index in [9.17, 15) is 0 Å². The Morgan fingerprint density at radius 1 is 0.833 bits per heavy atom. The van der Waals surface area contributed by atoms with Gasteiger partial charge in [0, 0.05) is 8.95 Å². The van der Waals surface area contributed by atoms with Crippen LogP contribution >= 0.6 is 31.9 Å². The van der Waals surface area contributed by atoms with Crippen molar-refractivity contribution in [1.82, 2.24) is 4.90 Å². The Morgan fingerprint density at radius 3 is 1.67 bits per heavy atom. The fraction of sp³-hybridized carbons (Fsp3) is 0.200. The maximum absolute atomic E-state index is 3.57. The van der Waals surface area contributed by atoms with Crippen LogP contribution in [0.3, 0.4) is 0 Å². The van der Waals surface area contributed by atoms with Crippen LogP contribution in [0.4, 0.5) is 0 Å². The van der Waals surface area contributed by atoms with E-state index in [2.05, 4.69) is 87.3 Å². The van der Waals surface area contributed by atoms with E-state index < -0.39 is 0 Å². The number of hydrogen-bond donors (Lipinski definition) is 0. The Morgan fingerprint density at radius 2 is 1.28 bits per heavy atom. The smallest absolute Gasteiger partial charge is 0.0609 e. The molecule has 1 aliphatic carbocycles. The highest BCUT2D eigenvalue weighted by Crippen LogP contribution is 2.47. The van der Waals surface area contributed by atoms with Gasteiger partial charge in [-0.2, -0.15) is 0 Å². The second kappa shape index (κ2) is 4.48. The van der Waals surface area contributed by atoms with Crippen LogP contribution in [0.1, 0.15) is 17.2 Å². The summed E-state index contributed by atoms with van der Waals surface area (Å²) < 4.78 is 2.28. The first kappa shape index (κ1) is 12.4. The molecule has 0 unspecified atom stereocenters. The van der Waals surface area contributed by atoms with Gasteiger partial charge in [0.1, 0.15) is 0 Å². The molecule has 0 spiro atoms. The Hall–Kier alpha value is -0.640. The molecule has 2 aromatic carbocycles. The number of nitrogens with zero attached hydrogens (tertiary/aromatic N) is 1. The molecule has 0 fully saturated rings. The van der Waals surface area contributed by atoms with Crippen molar-refractivity contribution in [2.24, 2.45) is 0 Å². The zero-order valence-corrected chi connectivity index (χ0v) is 13.4. The second-order valence-corrected chi connectivity index (χ2v) is 6.66. The summed E-state index contributed by atoms with van der Waals surface area (Å²) in [5.41, 5.74) is 5.45. The van der Waals surface area contributed by atoms with Gasteiger partial charge in [-0.3, -0.25) is 4.90 Å². The molecule has 0 radical (unpaired) electrons. The Kier molecular flexibility index (Phi) is 3.08. The highest BCUT2D eigenvalue weighted by Gasteiger charge is 2.30. The third-order valence-electron chi connectivity index (χ3n) is 3.42. The molecule has 0 aliphatic heterocycles. The molecular weight excluding hydrogens is 354 g/mol. The van der Waals surface area contributed by atoms with Crippen molar-refractivity contribution in [3.05, 3.63) is 56.5 Å². The molecule has 18 heavy (non-hydrogen) atoms. The van der Waals surface area contributed by atoms with Crippen molar-refractivity contribution in [3.8, 4) is 11.1 Å². The fourth-order valence-electron chi connectivity index (χ4n) is 2.73. The molecule has 3 heteroatoms. The van der Waals surface area contributed by atoms with Crippen molar-refractivity contribution in [1.29, 1.82) is 0 Å². The van der Waals surface area contributed by atoms with Gasteiger partial charge in [-0.1, -0.05) is 44.0 Å². The van der Waals surface area contributed by atoms with Crippen LogP contribution in [0.2, 0.25) is 0 Å². The third-order valence-corrected chi connectivity index (χ3v) is 4.41. The molecule has 0 saturated carbocycles. The molecule has 0 aromatic heterocycles.